The molecule has 3 aromatic heterocycles. The number of aryl methyl sites for hydroxylation is 1. The summed E-state index contributed by atoms with van der Waals surface area (Å²) in [6.45, 7) is 6.86. The average Bonchev–Trinajstić information content (AvgIpc) is 3.58. The molecule has 16 heteroatoms. The third-order valence-electron chi connectivity index (χ3n) is 10.1. The molecular weight excluding hydrogens is 758 g/mol. The maximum absolute atomic E-state index is 14.2. The number of hydrogen-bond donors (Lipinski definition) is 3. The van der Waals surface area contributed by atoms with Crippen molar-refractivity contribution in [2.45, 2.75) is 78.0 Å². The van der Waals surface area contributed by atoms with E-state index in [1.54, 1.807) is 22.0 Å². The number of nitrogens with one attached hydrogen (secondary N) is 2. The first kappa shape index (κ1) is 39.1. The van der Waals surface area contributed by atoms with Gasteiger partial charge in [0.05, 0.1) is 31.9 Å². The number of carbonyl (C=O) groups is 4. The number of fused-ring (bicyclic) bond motifs is 2. The summed E-state index contributed by atoms with van der Waals surface area (Å²) in [6.07, 6.45) is 7.77. The molecule has 1 aliphatic heterocycles. The van der Waals surface area contributed by atoms with Crippen molar-refractivity contribution in [2.75, 3.05) is 38.3 Å². The Hall–Kier alpha value is -4.64. The van der Waals surface area contributed by atoms with Gasteiger partial charge in [0.15, 0.2) is 5.78 Å². The van der Waals surface area contributed by atoms with Crippen LogP contribution in [0.25, 0.3) is 22.0 Å². The van der Waals surface area contributed by atoms with E-state index in [0.717, 1.165) is 36.8 Å². The molecule has 1 aromatic carbocycles. The van der Waals surface area contributed by atoms with Crippen LogP contribution in [0.5, 0.6) is 0 Å². The number of anilines is 1. The predicted octanol–water partition coefficient (Wildman–Crippen LogP) is 3.96. The van der Waals surface area contributed by atoms with Crippen LogP contribution in [-0.2, 0) is 36.9 Å². The third-order valence-corrected chi connectivity index (χ3v) is 10.5. The number of rotatable bonds is 18. The van der Waals surface area contributed by atoms with Crippen LogP contribution in [-0.4, -0.2) is 98.2 Å². The van der Waals surface area contributed by atoms with Crippen molar-refractivity contribution >= 4 is 56.2 Å². The van der Waals surface area contributed by atoms with Gasteiger partial charge in [-0.15, -0.1) is 0 Å². The van der Waals surface area contributed by atoms with Crippen molar-refractivity contribution < 1.29 is 28.7 Å². The van der Waals surface area contributed by atoms with E-state index >= 15 is 0 Å². The normalized spacial score (nSPS) is 18.8. The summed E-state index contributed by atoms with van der Waals surface area (Å²) in [4.78, 5) is 67.9. The summed E-state index contributed by atoms with van der Waals surface area (Å²) in [5, 5.41) is 10.9. The number of amides is 3. The number of nitrogens with two attached hydrogens (primary N) is 1. The number of aromatic nitrogens is 5. The number of carbonyl (C=O) groups excluding carboxylic acids is 4. The number of hydrogen-bond acceptors (Lipinski definition) is 11. The molecular formula is C38H46BrN9O6. The highest BCUT2D eigenvalue weighted by Crippen LogP contribution is 2.62. The second-order valence-corrected chi connectivity index (χ2v) is 14.7. The van der Waals surface area contributed by atoms with E-state index in [9.17, 15) is 19.2 Å². The first-order valence-corrected chi connectivity index (χ1v) is 19.0. The van der Waals surface area contributed by atoms with Crippen molar-refractivity contribution in [3.05, 3.63) is 64.4 Å². The molecule has 0 bridgehead atoms. The van der Waals surface area contributed by atoms with Crippen molar-refractivity contribution in [2.24, 2.45) is 11.1 Å². The molecule has 4 N–H and O–H groups in total. The van der Waals surface area contributed by atoms with Crippen molar-refractivity contribution in [1.29, 1.82) is 0 Å². The van der Waals surface area contributed by atoms with Crippen molar-refractivity contribution in [3.8, 4) is 11.1 Å². The van der Waals surface area contributed by atoms with Gasteiger partial charge in [0, 0.05) is 42.9 Å². The van der Waals surface area contributed by atoms with Crippen molar-refractivity contribution in [1.82, 2.24) is 34.9 Å². The molecule has 54 heavy (non-hydrogen) atoms. The molecule has 1 saturated heterocycles. The number of likely N-dealkylation sites (tertiary alicyclic amines) is 1. The zero-order chi connectivity index (χ0) is 38.4. The Morgan fingerprint density at radius 2 is 1.81 bits per heavy atom. The van der Waals surface area contributed by atoms with E-state index < -0.39 is 6.04 Å². The first-order valence-electron chi connectivity index (χ1n) is 18.2. The van der Waals surface area contributed by atoms with E-state index in [4.69, 9.17) is 15.2 Å². The van der Waals surface area contributed by atoms with E-state index in [2.05, 4.69) is 53.5 Å². The van der Waals surface area contributed by atoms with Crippen LogP contribution in [0, 0.1) is 12.3 Å². The highest BCUT2D eigenvalue weighted by molar-refractivity contribution is 9.10. The Kier molecular flexibility index (Phi) is 12.5. The standard InChI is InChI=1S/C38H46BrN9O6/c1-4-5-10-38-16-29(37(52)45-36-23(2)6-9-31(39)44-36)48(30(38)17-38)34(51)21-47-28-8-7-25(15-27(28)35(46-47)24(3)49)26-18-41-32(42-19-26)20-43-33(50)22-54-14-13-53-12-11-40/h6-9,15,18-19,29-30H,4-5,10-14,16-17,20-22,40H2,1-3H3,(H,43,50)(H,44,45,52)/t29-,30+,38-/m0/s1. The van der Waals surface area contributed by atoms with Crippen LogP contribution >= 0.6 is 15.9 Å². The highest BCUT2D eigenvalue weighted by atomic mass is 79.9. The number of ether oxygens (including phenoxy) is 2. The van der Waals surface area contributed by atoms with E-state index in [0.29, 0.717) is 58.9 Å². The minimum absolute atomic E-state index is 0.0270. The van der Waals surface area contributed by atoms with Gasteiger partial charge in [0.25, 0.3) is 0 Å². The number of ketones is 1. The number of nitrogens with zero attached hydrogens (tertiary/aromatic N) is 6. The fourth-order valence-electron chi connectivity index (χ4n) is 7.18. The van der Waals surface area contributed by atoms with Gasteiger partial charge < -0.3 is 30.7 Å². The highest BCUT2D eigenvalue weighted by Gasteiger charge is 2.66. The SMILES string of the molecule is CCCC[C@@]12C[C@@H](C(=O)Nc3nc(Br)ccc3C)N(C(=O)Cn3nc(C(C)=O)c4cc(-c5cnc(CNC(=O)COCCOCCN)nc5)ccc43)[C@@H]1C2. The topological polar surface area (TPSA) is 197 Å². The Morgan fingerprint density at radius 1 is 1.04 bits per heavy atom. The number of piperidine rings is 1. The van der Waals surface area contributed by atoms with Gasteiger partial charge in [0.2, 0.25) is 17.7 Å². The molecule has 3 atom stereocenters. The van der Waals surface area contributed by atoms with Crippen LogP contribution in [0.3, 0.4) is 0 Å². The van der Waals surface area contributed by atoms with Gasteiger partial charge in [-0.3, -0.25) is 23.9 Å². The molecule has 3 amide bonds. The number of Topliss-reactive ketones (excluding diaryl/α,β-unsaturated/α-hetero) is 1. The Bertz CT molecular complexity index is 2020. The second-order valence-electron chi connectivity index (χ2n) is 13.9. The first-order chi connectivity index (χ1) is 26.0. The number of pyridine rings is 1. The van der Waals surface area contributed by atoms with Gasteiger partial charge in [-0.2, -0.15) is 5.10 Å². The number of halogens is 1. The molecule has 1 saturated carbocycles. The lowest BCUT2D eigenvalue weighted by atomic mass is 9.93. The van der Waals surface area contributed by atoms with Crippen LogP contribution in [0.15, 0.2) is 47.3 Å². The van der Waals surface area contributed by atoms with E-state index in [1.807, 2.05) is 37.3 Å². The monoisotopic (exact) mass is 803 g/mol. The molecule has 0 spiro atoms. The molecule has 2 fully saturated rings. The summed E-state index contributed by atoms with van der Waals surface area (Å²) in [5.41, 5.74) is 8.43. The van der Waals surface area contributed by atoms with E-state index in [-0.39, 0.29) is 67.0 Å². The van der Waals surface area contributed by atoms with Crippen LogP contribution in [0.4, 0.5) is 5.82 Å². The quantitative estimate of drug-likeness (QED) is 0.0749. The smallest absolute Gasteiger partial charge is 0.248 e. The summed E-state index contributed by atoms with van der Waals surface area (Å²) < 4.78 is 12.7. The third kappa shape index (κ3) is 8.83. The zero-order valence-corrected chi connectivity index (χ0v) is 32.4. The van der Waals surface area contributed by atoms with Gasteiger partial charge in [-0.1, -0.05) is 31.9 Å². The molecule has 1 aliphatic carbocycles. The maximum Gasteiger partial charge on any atom is 0.248 e. The molecule has 0 unspecified atom stereocenters. The summed E-state index contributed by atoms with van der Waals surface area (Å²) in [5.74, 6) is -0.153. The molecule has 6 rings (SSSR count). The predicted molar refractivity (Wildman–Crippen MR) is 204 cm³/mol. The second kappa shape index (κ2) is 17.2. The molecule has 286 valence electrons. The number of benzene rings is 1. The number of unbranched alkanes of at least 4 members (excludes halogenated alkanes) is 1. The average molecular weight is 805 g/mol. The van der Waals surface area contributed by atoms with Gasteiger partial charge in [0.1, 0.15) is 41.1 Å². The molecule has 15 nitrogen and oxygen atoms in total. The Labute approximate surface area is 321 Å². The largest absolute Gasteiger partial charge is 0.378 e. The van der Waals surface area contributed by atoms with E-state index in [1.165, 1.54) is 6.92 Å². The minimum atomic E-state index is -0.648. The lowest BCUT2D eigenvalue weighted by Gasteiger charge is -2.27. The Morgan fingerprint density at radius 3 is 2.56 bits per heavy atom. The van der Waals surface area contributed by atoms with Crippen LogP contribution in [0.1, 0.15) is 67.8 Å². The van der Waals surface area contributed by atoms with Gasteiger partial charge in [-0.05, 0) is 76.9 Å². The summed E-state index contributed by atoms with van der Waals surface area (Å²) in [7, 11) is 0. The molecule has 2 aliphatic rings. The summed E-state index contributed by atoms with van der Waals surface area (Å²) >= 11 is 3.38. The molecule has 0 radical (unpaired) electrons. The fraction of sp³-hybridized carbons (Fsp3) is 0.474. The van der Waals surface area contributed by atoms with Crippen molar-refractivity contribution in [3.63, 3.8) is 0 Å². The van der Waals surface area contributed by atoms with Gasteiger partial charge in [-0.25, -0.2) is 15.0 Å². The Balaban J connectivity index is 1.15. The minimum Gasteiger partial charge on any atom is -0.378 e. The lowest BCUT2D eigenvalue weighted by Crippen LogP contribution is -2.47. The van der Waals surface area contributed by atoms with Crippen LogP contribution in [0.2, 0.25) is 0 Å². The molecule has 4 heterocycles. The fourth-order valence-corrected chi connectivity index (χ4v) is 7.49. The van der Waals surface area contributed by atoms with Crippen LogP contribution < -0.4 is 16.4 Å². The van der Waals surface area contributed by atoms with Gasteiger partial charge >= 0.3 is 0 Å². The summed E-state index contributed by atoms with van der Waals surface area (Å²) in [6, 6.07) is 8.54. The lowest BCUT2D eigenvalue weighted by molar-refractivity contribution is -0.138. The zero-order valence-electron chi connectivity index (χ0n) is 30.8. The maximum atomic E-state index is 14.2. The molecule has 4 aromatic rings.